The van der Waals surface area contributed by atoms with Crippen LogP contribution in [0.5, 0.6) is 0 Å². The van der Waals surface area contributed by atoms with Gasteiger partial charge in [0.15, 0.2) is 5.96 Å². The molecule has 98 heavy (non-hydrogen) atoms. The molecule has 0 unspecified atom stereocenters. The Labute approximate surface area is 566 Å². The van der Waals surface area contributed by atoms with Crippen LogP contribution in [0.1, 0.15) is 125 Å². The van der Waals surface area contributed by atoms with Crippen molar-refractivity contribution in [2.45, 2.75) is 210 Å². The van der Waals surface area contributed by atoms with Crippen LogP contribution in [0.15, 0.2) is 4.99 Å². The summed E-state index contributed by atoms with van der Waals surface area (Å²) >= 11 is 0. The second kappa shape index (κ2) is 48.3. The maximum Gasteiger partial charge on any atom is 0.325 e. The van der Waals surface area contributed by atoms with Crippen molar-refractivity contribution in [3.63, 3.8) is 0 Å². The van der Waals surface area contributed by atoms with Gasteiger partial charge in [-0.2, -0.15) is 0 Å². The predicted molar refractivity (Wildman–Crippen MR) is 349 cm³/mol. The van der Waals surface area contributed by atoms with Gasteiger partial charge in [0, 0.05) is 19.5 Å². The number of rotatable bonds is 49. The summed E-state index contributed by atoms with van der Waals surface area (Å²) in [6, 6.07) is -17.4. The molecule has 0 aromatic heterocycles. The quantitative estimate of drug-likeness (QED) is 0.0116. The Morgan fingerprint density at radius 3 is 1.33 bits per heavy atom. The van der Waals surface area contributed by atoms with Crippen LogP contribution in [0, 0.1) is 11.8 Å². The predicted octanol–water partition coefficient (Wildman–Crippen LogP) is -11.5. The number of unbranched alkanes of at least 4 members (excludes halogenated alkanes) is 3. The van der Waals surface area contributed by atoms with Crippen molar-refractivity contribution in [3.05, 3.63) is 0 Å². The molecule has 14 atom stereocenters. The largest absolute Gasteiger partial charge is 0.480 e. The Kier molecular flexibility index (Phi) is 43.7. The number of carbonyl (C=O) groups excluding carboxylic acids is 14. The number of aliphatic hydroxyl groups excluding tert-OH is 4. The maximum absolute atomic E-state index is 14.3. The first-order valence-corrected chi connectivity index (χ1v) is 31.7. The third-order valence-electron chi connectivity index (χ3n) is 14.3. The van der Waals surface area contributed by atoms with Crippen LogP contribution in [0.3, 0.4) is 0 Å². The van der Waals surface area contributed by atoms with E-state index in [1.54, 1.807) is 0 Å². The first kappa shape index (κ1) is 88.6. The Balaban J connectivity index is 6.68. The van der Waals surface area contributed by atoms with Gasteiger partial charge in [-0.3, -0.25) is 76.9 Å². The highest BCUT2D eigenvalue weighted by Gasteiger charge is 2.37. The minimum absolute atomic E-state index is 0.0170. The van der Waals surface area contributed by atoms with E-state index in [-0.39, 0.29) is 77.1 Å². The molecule has 0 radical (unpaired) electrons. The Morgan fingerprint density at radius 2 is 0.857 bits per heavy atom. The van der Waals surface area contributed by atoms with Crippen molar-refractivity contribution in [3.8, 4) is 11.8 Å². The number of nitrogens with zero attached hydrogens (tertiary/aromatic N) is 1. The summed E-state index contributed by atoms with van der Waals surface area (Å²) in [7, 11) is 0. The van der Waals surface area contributed by atoms with E-state index in [1.165, 1.54) is 20.8 Å². The fraction of sp³-hybridized carbons (Fsp3) is 0.690. The molecule has 30 N–H and O–H groups in total. The fourth-order valence-corrected chi connectivity index (χ4v) is 8.57. The molecule has 0 fully saturated rings. The van der Waals surface area contributed by atoms with E-state index in [4.69, 9.17) is 34.4 Å². The minimum Gasteiger partial charge on any atom is -0.480 e. The first-order chi connectivity index (χ1) is 46.0. The number of carboxylic acids is 1. The number of nitrogens with one attached hydrogen (secondary N) is 13. The topological polar surface area (TPSA) is 682 Å². The molecule has 554 valence electrons. The second-order valence-electron chi connectivity index (χ2n) is 22.8. The molecule has 0 spiro atoms. The summed E-state index contributed by atoms with van der Waals surface area (Å²) < 4.78 is 0. The number of aliphatic imine (C=N–C) groups is 1. The zero-order valence-corrected chi connectivity index (χ0v) is 56.0. The Morgan fingerprint density at radius 1 is 0.439 bits per heavy atom. The van der Waals surface area contributed by atoms with Gasteiger partial charge in [-0.05, 0) is 138 Å². The van der Waals surface area contributed by atoms with E-state index in [2.05, 4.69) is 86.0 Å². The highest BCUT2D eigenvalue weighted by atomic mass is 16.4. The normalized spacial score (nSPS) is 15.1. The van der Waals surface area contributed by atoms with Crippen molar-refractivity contribution >= 4 is 94.6 Å². The number of aliphatic hydroxyl groups is 4. The smallest absolute Gasteiger partial charge is 0.325 e. The summed E-state index contributed by atoms with van der Waals surface area (Å²) in [5.74, 6) is -11.0. The Bertz CT molecular complexity index is 2780. The van der Waals surface area contributed by atoms with Gasteiger partial charge < -0.3 is 129 Å². The SMILES string of the molecule is CC#CC(=O)NCCCC[C@H](NC(=O)[C@H](CCCN=C(N)N)NC(=O)[C@H](C)NC(=O)[C@@H](NC(=O)[C@H](CCC(N)=O)NC(=O)[C@H](CCCCN)NC(=O)[C@@H](N)[C@@H](C)O)[C@@H](C)O)C(=O)N[C@@H](CO)C(=O)N[C@H](C(=O)NCC(=O)NCC(=O)N[C@@H](CCCCN)C(=O)N[C@@H](C)C(=O)O)[C@@H](C)O. The molecule has 14 amide bonds. The molecular formula is C58H102N20O20. The van der Waals surface area contributed by atoms with Gasteiger partial charge >= 0.3 is 5.97 Å². The lowest BCUT2D eigenvalue weighted by atomic mass is 10.0. The molecule has 0 saturated heterocycles. The van der Waals surface area contributed by atoms with Crippen molar-refractivity contribution < 1.29 is 97.5 Å². The number of guanidine groups is 1. The van der Waals surface area contributed by atoms with Crippen LogP contribution < -0.4 is 104 Å². The van der Waals surface area contributed by atoms with Gasteiger partial charge in [-0.1, -0.05) is 5.92 Å². The monoisotopic (exact) mass is 1400 g/mol. The van der Waals surface area contributed by atoms with E-state index >= 15 is 0 Å². The number of carboxylic acid groups (broad SMARTS) is 1. The summed E-state index contributed by atoms with van der Waals surface area (Å²) in [6.45, 7) is 4.89. The number of carbonyl (C=O) groups is 15. The van der Waals surface area contributed by atoms with Crippen molar-refractivity contribution in [2.75, 3.05) is 45.9 Å². The van der Waals surface area contributed by atoms with E-state index in [9.17, 15) is 97.5 Å². The van der Waals surface area contributed by atoms with Gasteiger partial charge in [0.2, 0.25) is 76.8 Å². The van der Waals surface area contributed by atoms with E-state index < -0.39 is 206 Å². The number of hydrogen-bond acceptors (Lipinski definition) is 23. The molecule has 0 aliphatic heterocycles. The number of amides is 14. The molecule has 0 bridgehead atoms. The van der Waals surface area contributed by atoms with Crippen LogP contribution in [0.2, 0.25) is 0 Å². The molecule has 0 saturated carbocycles. The Hall–Kier alpha value is -9.40. The van der Waals surface area contributed by atoms with Gasteiger partial charge in [-0.25, -0.2) is 0 Å². The molecule has 40 nitrogen and oxygen atoms in total. The number of nitrogens with two attached hydrogens (primary N) is 6. The lowest BCUT2D eigenvalue weighted by Crippen LogP contribution is -2.62. The van der Waals surface area contributed by atoms with Crippen LogP contribution in [-0.2, 0) is 71.9 Å². The molecule has 0 rings (SSSR count). The highest BCUT2D eigenvalue weighted by molar-refractivity contribution is 5.99. The van der Waals surface area contributed by atoms with Crippen LogP contribution >= 0.6 is 0 Å². The molecule has 0 aromatic rings. The highest BCUT2D eigenvalue weighted by Crippen LogP contribution is 2.10. The summed E-state index contributed by atoms with van der Waals surface area (Å²) in [5.41, 5.74) is 33.2. The molecule has 0 aromatic carbocycles. The lowest BCUT2D eigenvalue weighted by Gasteiger charge is -2.28. The van der Waals surface area contributed by atoms with E-state index in [1.807, 2.05) is 0 Å². The molecule has 0 aliphatic carbocycles. The maximum atomic E-state index is 14.3. The molecule has 0 aliphatic rings. The summed E-state index contributed by atoms with van der Waals surface area (Å²) in [6.07, 6.45) is -4.37. The molecule has 40 heteroatoms. The number of aliphatic carboxylic acids is 1. The van der Waals surface area contributed by atoms with E-state index in [0.29, 0.717) is 25.7 Å². The van der Waals surface area contributed by atoms with Crippen LogP contribution in [0.4, 0.5) is 0 Å². The average molecular weight is 1400 g/mol. The van der Waals surface area contributed by atoms with Gasteiger partial charge in [-0.15, -0.1) is 0 Å². The van der Waals surface area contributed by atoms with Crippen molar-refractivity contribution in [1.29, 1.82) is 0 Å². The van der Waals surface area contributed by atoms with Crippen molar-refractivity contribution in [1.82, 2.24) is 69.1 Å². The number of primary amides is 1. The average Bonchev–Trinajstić information content (AvgIpc) is 0.875. The minimum atomic E-state index is -1.92. The number of hydrogen-bond donors (Lipinski definition) is 24. The zero-order valence-electron chi connectivity index (χ0n) is 56.0. The summed E-state index contributed by atoms with van der Waals surface area (Å²) in [4.78, 5) is 201. The van der Waals surface area contributed by atoms with E-state index in [0.717, 1.165) is 20.8 Å². The van der Waals surface area contributed by atoms with Gasteiger partial charge in [0.1, 0.15) is 66.5 Å². The standard InChI is InChI=1S/C58H102N20O20/c1-7-15-41(84)65-24-13-10-18-35(51(91)76-39(28-79)53(93)77-45(32(5)81)55(95)68-26-42(85)67-27-43(86)71-34(16-8-11-22-59)48(88)70-30(3)57(97)98)73-50(90)37(19-14-25-66-58(63)64)72-47(87)29(2)69-56(96)46(33(6)82)78-52(92)38(20-21-40(61)83)74-49(89)36(17-9-12-23-60)75-54(94)44(62)31(4)80/h29-39,44-46,79-82H,8-14,16-28,59-60,62H2,1-6H3,(H2,61,83)(H,65,84)(H,67,85)(H,68,95)(H,69,96)(H,70,88)(H,71,86)(H,72,87)(H,73,90)(H,74,89)(H,75,94)(H,76,91)(H,77,93)(H,78,92)(H,97,98)(H4,63,64,66)/t29-,30-,31+,32+,33+,34-,35-,36-,37-,38-,39-,44-,45-,46-/m0/s1. The van der Waals surface area contributed by atoms with Crippen LogP contribution in [0.25, 0.3) is 0 Å². The molecular weight excluding hydrogens is 1300 g/mol. The van der Waals surface area contributed by atoms with Gasteiger partial charge in [0.25, 0.3) is 5.91 Å². The molecule has 0 heterocycles. The zero-order chi connectivity index (χ0) is 74.8. The second-order valence-corrected chi connectivity index (χ2v) is 22.8. The lowest BCUT2D eigenvalue weighted by molar-refractivity contribution is -0.141. The van der Waals surface area contributed by atoms with Crippen molar-refractivity contribution in [2.24, 2.45) is 39.4 Å². The third-order valence-corrected chi connectivity index (χ3v) is 14.3. The fourth-order valence-electron chi connectivity index (χ4n) is 8.57. The van der Waals surface area contributed by atoms with Crippen LogP contribution in [-0.4, -0.2) is 251 Å². The summed E-state index contributed by atoms with van der Waals surface area (Å²) in [5, 5.41) is 81.0. The first-order valence-electron chi connectivity index (χ1n) is 31.7. The van der Waals surface area contributed by atoms with Gasteiger partial charge in [0.05, 0.1) is 38.0 Å². The third kappa shape index (κ3) is 36.6.